The average Bonchev–Trinajstić information content (AvgIpc) is 2.96. The summed E-state index contributed by atoms with van der Waals surface area (Å²) in [5.74, 6) is 0.545. The predicted octanol–water partition coefficient (Wildman–Crippen LogP) is 2.69. The number of carbonyl (C=O) groups is 1. The van der Waals surface area contributed by atoms with Crippen molar-refractivity contribution in [3.05, 3.63) is 48.5 Å². The van der Waals surface area contributed by atoms with Gasteiger partial charge in [-0.15, -0.1) is 0 Å². The van der Waals surface area contributed by atoms with Crippen LogP contribution >= 0.6 is 0 Å². The highest BCUT2D eigenvalue weighted by Crippen LogP contribution is 2.42. The van der Waals surface area contributed by atoms with Gasteiger partial charge in [0.2, 0.25) is 5.91 Å². The van der Waals surface area contributed by atoms with Crippen LogP contribution in [0.4, 0.5) is 17.1 Å². The van der Waals surface area contributed by atoms with Gasteiger partial charge in [-0.3, -0.25) is 14.0 Å². The summed E-state index contributed by atoms with van der Waals surface area (Å²) in [6.07, 6.45) is 1.34. The Morgan fingerprint density at radius 2 is 1.71 bits per heavy atom. The molecule has 2 aromatic carbocycles. The van der Waals surface area contributed by atoms with Crippen molar-refractivity contribution >= 4 is 33.2 Å². The van der Waals surface area contributed by atoms with Crippen molar-refractivity contribution in [3.63, 3.8) is 0 Å². The topological polar surface area (TPSA) is 82.2 Å². The minimum absolute atomic E-state index is 0.107. The van der Waals surface area contributed by atoms with E-state index in [0.717, 1.165) is 5.69 Å². The minimum Gasteiger partial charge on any atom is -0.492 e. The van der Waals surface area contributed by atoms with Gasteiger partial charge in [0.15, 0.2) is 0 Å². The van der Waals surface area contributed by atoms with Crippen molar-refractivity contribution in [1.29, 1.82) is 0 Å². The summed E-state index contributed by atoms with van der Waals surface area (Å²) in [5, 5.41) is 2.92. The number of likely N-dealkylation sites (tertiary alicyclic amines) is 1. The second kappa shape index (κ2) is 8.76. The van der Waals surface area contributed by atoms with Crippen molar-refractivity contribution in [3.8, 4) is 5.75 Å². The number of benzene rings is 2. The Labute approximate surface area is 183 Å². The zero-order chi connectivity index (χ0) is 22.0. The molecule has 1 amide bonds. The van der Waals surface area contributed by atoms with Gasteiger partial charge in [0.25, 0.3) is 0 Å². The lowest BCUT2D eigenvalue weighted by Gasteiger charge is -2.36. The number of rotatable bonds is 6. The average molecular weight is 445 g/mol. The number of para-hydroxylation sites is 4. The maximum absolute atomic E-state index is 13.0. The molecule has 0 spiro atoms. The van der Waals surface area contributed by atoms with E-state index in [2.05, 4.69) is 10.2 Å². The summed E-state index contributed by atoms with van der Waals surface area (Å²) in [4.78, 5) is 14.6. The van der Waals surface area contributed by atoms with Crippen molar-refractivity contribution < 1.29 is 17.9 Å². The number of hydrogen-bond acceptors (Lipinski definition) is 5. The molecule has 2 heterocycles. The van der Waals surface area contributed by atoms with Gasteiger partial charge < -0.3 is 10.1 Å². The largest absolute Gasteiger partial charge is 0.492 e. The van der Waals surface area contributed by atoms with Gasteiger partial charge >= 0.3 is 10.2 Å². The van der Waals surface area contributed by atoms with Gasteiger partial charge in [-0.25, -0.2) is 4.31 Å². The number of amides is 1. The summed E-state index contributed by atoms with van der Waals surface area (Å²) in [5.41, 5.74) is 2.10. The first-order valence-electron chi connectivity index (χ1n) is 10.5. The van der Waals surface area contributed by atoms with Crippen LogP contribution in [0.2, 0.25) is 0 Å². The summed E-state index contributed by atoms with van der Waals surface area (Å²) in [7, 11) is -1.97. The Bertz CT molecular complexity index is 1050. The first-order chi connectivity index (χ1) is 14.9. The van der Waals surface area contributed by atoms with Crippen LogP contribution in [0.25, 0.3) is 0 Å². The van der Waals surface area contributed by atoms with Crippen molar-refractivity contribution in [2.75, 3.05) is 47.2 Å². The second-order valence-electron chi connectivity index (χ2n) is 7.74. The summed E-state index contributed by atoms with van der Waals surface area (Å²) in [6, 6.07) is 14.6. The quantitative estimate of drug-likeness (QED) is 0.741. The number of ether oxygens (including phenoxy) is 1. The van der Waals surface area contributed by atoms with E-state index < -0.39 is 10.2 Å². The Hall–Kier alpha value is -2.78. The standard InChI is InChI=1S/C22H28N4O4S/c1-3-30-21-11-7-4-8-18(21)23-22(27)16-25-14-12-17(13-15-25)26-20-10-6-5-9-19(20)24(2)31(26,28)29/h4-11,17H,3,12-16H2,1-2H3,(H,23,27). The molecule has 4 rings (SSSR count). The van der Waals surface area contributed by atoms with Gasteiger partial charge in [-0.05, 0) is 44.0 Å². The van der Waals surface area contributed by atoms with Crippen LogP contribution < -0.4 is 18.7 Å². The van der Waals surface area contributed by atoms with E-state index in [9.17, 15) is 13.2 Å². The lowest BCUT2D eigenvalue weighted by Crippen LogP contribution is -2.49. The molecule has 0 aliphatic carbocycles. The van der Waals surface area contributed by atoms with E-state index in [1.165, 1.54) is 4.31 Å². The molecule has 166 valence electrons. The number of anilines is 3. The van der Waals surface area contributed by atoms with Gasteiger partial charge in [0.1, 0.15) is 5.75 Å². The first-order valence-corrected chi connectivity index (χ1v) is 11.9. The number of nitrogens with zero attached hydrogens (tertiary/aromatic N) is 3. The maximum Gasteiger partial charge on any atom is 0.326 e. The molecule has 0 saturated carbocycles. The lowest BCUT2D eigenvalue weighted by atomic mass is 10.0. The normalized spacial score (nSPS) is 18.6. The maximum atomic E-state index is 13.0. The predicted molar refractivity (Wildman–Crippen MR) is 122 cm³/mol. The zero-order valence-electron chi connectivity index (χ0n) is 17.8. The van der Waals surface area contributed by atoms with Crippen LogP contribution in [0, 0.1) is 0 Å². The lowest BCUT2D eigenvalue weighted by molar-refractivity contribution is -0.117. The fourth-order valence-corrected chi connectivity index (χ4v) is 5.90. The molecule has 0 radical (unpaired) electrons. The van der Waals surface area contributed by atoms with Gasteiger partial charge in [0, 0.05) is 26.2 Å². The van der Waals surface area contributed by atoms with Crippen LogP contribution in [0.5, 0.6) is 5.75 Å². The Morgan fingerprint density at radius 1 is 1.06 bits per heavy atom. The number of fused-ring (bicyclic) bond motifs is 1. The molecule has 9 heteroatoms. The minimum atomic E-state index is -3.56. The van der Waals surface area contributed by atoms with Crippen LogP contribution in [-0.4, -0.2) is 58.6 Å². The van der Waals surface area contributed by atoms with Crippen molar-refractivity contribution in [2.24, 2.45) is 0 Å². The third kappa shape index (κ3) is 4.20. The number of carbonyl (C=O) groups excluding carboxylic acids is 1. The van der Waals surface area contributed by atoms with E-state index in [1.807, 2.05) is 55.5 Å². The van der Waals surface area contributed by atoms with Gasteiger partial charge in [-0.2, -0.15) is 8.42 Å². The summed E-state index contributed by atoms with van der Waals surface area (Å²) in [6.45, 7) is 4.00. The van der Waals surface area contributed by atoms with Gasteiger partial charge in [0.05, 0.1) is 30.2 Å². The fourth-order valence-electron chi connectivity index (χ4n) is 4.24. The summed E-state index contributed by atoms with van der Waals surface area (Å²) < 4.78 is 34.4. The molecule has 0 atom stereocenters. The van der Waals surface area contributed by atoms with E-state index in [-0.39, 0.29) is 18.5 Å². The third-order valence-electron chi connectivity index (χ3n) is 5.77. The molecule has 1 N–H and O–H groups in total. The van der Waals surface area contributed by atoms with Gasteiger partial charge in [-0.1, -0.05) is 24.3 Å². The molecular weight excluding hydrogens is 416 g/mol. The molecule has 2 aliphatic rings. The number of nitrogens with one attached hydrogen (secondary N) is 1. The molecular formula is C22H28N4O4S. The monoisotopic (exact) mass is 444 g/mol. The highest BCUT2D eigenvalue weighted by molar-refractivity contribution is 7.94. The van der Waals surface area contributed by atoms with E-state index in [1.54, 1.807) is 11.4 Å². The molecule has 0 unspecified atom stereocenters. The van der Waals surface area contributed by atoms with Crippen LogP contribution in [0.15, 0.2) is 48.5 Å². The van der Waals surface area contributed by atoms with Crippen LogP contribution in [0.1, 0.15) is 19.8 Å². The summed E-state index contributed by atoms with van der Waals surface area (Å²) >= 11 is 0. The zero-order valence-corrected chi connectivity index (χ0v) is 18.6. The first kappa shape index (κ1) is 21.5. The van der Waals surface area contributed by atoms with E-state index >= 15 is 0 Å². The Morgan fingerprint density at radius 3 is 2.42 bits per heavy atom. The Balaban J connectivity index is 1.37. The molecule has 0 aromatic heterocycles. The highest BCUT2D eigenvalue weighted by Gasteiger charge is 2.42. The molecule has 8 nitrogen and oxygen atoms in total. The van der Waals surface area contributed by atoms with E-state index in [4.69, 9.17) is 4.74 Å². The van der Waals surface area contributed by atoms with Crippen LogP contribution in [-0.2, 0) is 15.0 Å². The SMILES string of the molecule is CCOc1ccccc1NC(=O)CN1CCC(N2c3ccccc3N(C)S2(=O)=O)CC1. The molecule has 0 bridgehead atoms. The van der Waals surface area contributed by atoms with Crippen molar-refractivity contribution in [2.45, 2.75) is 25.8 Å². The Kier molecular flexibility index (Phi) is 6.06. The number of piperidine rings is 1. The fraction of sp³-hybridized carbons (Fsp3) is 0.409. The van der Waals surface area contributed by atoms with Crippen LogP contribution in [0.3, 0.4) is 0 Å². The molecule has 31 heavy (non-hydrogen) atoms. The molecule has 1 fully saturated rings. The van der Waals surface area contributed by atoms with Crippen molar-refractivity contribution in [1.82, 2.24) is 4.90 Å². The third-order valence-corrected chi connectivity index (χ3v) is 7.65. The smallest absolute Gasteiger partial charge is 0.326 e. The van der Waals surface area contributed by atoms with E-state index in [0.29, 0.717) is 49.7 Å². The molecule has 2 aliphatic heterocycles. The molecule has 2 aromatic rings. The highest BCUT2D eigenvalue weighted by atomic mass is 32.2. The molecule has 1 saturated heterocycles. The number of hydrogen-bond donors (Lipinski definition) is 1. The second-order valence-corrected chi connectivity index (χ2v) is 9.58.